The lowest BCUT2D eigenvalue weighted by Gasteiger charge is -2.38. The molecule has 7 nitrogen and oxygen atoms in total. The van der Waals surface area contributed by atoms with Gasteiger partial charge in [0, 0.05) is 50.7 Å². The lowest BCUT2D eigenvalue weighted by Crippen LogP contribution is -2.52. The summed E-state index contributed by atoms with van der Waals surface area (Å²) in [6, 6.07) is 5.49. The van der Waals surface area contributed by atoms with Crippen LogP contribution in [-0.2, 0) is 12.6 Å². The van der Waals surface area contributed by atoms with Gasteiger partial charge < -0.3 is 19.6 Å². The van der Waals surface area contributed by atoms with Crippen LogP contribution in [0, 0.1) is 0 Å². The summed E-state index contributed by atoms with van der Waals surface area (Å²) in [4.78, 5) is 13.1. The molecule has 1 saturated heterocycles. The lowest BCUT2D eigenvalue weighted by atomic mass is 10.1. The number of aliphatic imine (C=N–C) groups is 1. The number of benzene rings is 1. The van der Waals surface area contributed by atoms with E-state index >= 15 is 0 Å². The fourth-order valence-electron chi connectivity index (χ4n) is 3.34. The first-order valence-electron chi connectivity index (χ1n) is 10.6. The van der Waals surface area contributed by atoms with Crippen molar-refractivity contribution in [2.45, 2.75) is 39.3 Å². The van der Waals surface area contributed by atoms with Crippen molar-refractivity contribution in [2.24, 2.45) is 4.99 Å². The number of hydrogen-bond donors (Lipinski definition) is 1. The van der Waals surface area contributed by atoms with Crippen molar-refractivity contribution in [1.29, 1.82) is 0 Å². The Balaban J connectivity index is 1.58. The van der Waals surface area contributed by atoms with Gasteiger partial charge in [0.1, 0.15) is 0 Å². The Labute approximate surface area is 180 Å². The van der Waals surface area contributed by atoms with Gasteiger partial charge in [-0.3, -0.25) is 4.99 Å². The molecule has 10 heteroatoms. The van der Waals surface area contributed by atoms with E-state index in [4.69, 9.17) is 4.52 Å². The van der Waals surface area contributed by atoms with Crippen LogP contribution < -0.4 is 10.2 Å². The second-order valence-electron chi connectivity index (χ2n) is 7.71. The first-order valence-corrected chi connectivity index (χ1v) is 10.6. The van der Waals surface area contributed by atoms with Crippen LogP contribution in [0.2, 0.25) is 0 Å². The predicted molar refractivity (Wildman–Crippen MR) is 113 cm³/mol. The average Bonchev–Trinajstić information content (AvgIpc) is 3.22. The van der Waals surface area contributed by atoms with Crippen molar-refractivity contribution in [3.05, 3.63) is 41.5 Å². The number of guanidine groups is 1. The van der Waals surface area contributed by atoms with Crippen LogP contribution in [0.1, 0.15) is 44.0 Å². The fourth-order valence-corrected chi connectivity index (χ4v) is 3.34. The molecule has 170 valence electrons. The highest BCUT2D eigenvalue weighted by atomic mass is 19.4. The third-order valence-corrected chi connectivity index (χ3v) is 5.04. The quantitative estimate of drug-likeness (QED) is 0.550. The monoisotopic (exact) mass is 438 g/mol. The number of hydrogen-bond acceptors (Lipinski definition) is 5. The van der Waals surface area contributed by atoms with Crippen LogP contribution >= 0.6 is 0 Å². The largest absolute Gasteiger partial charge is 0.416 e. The van der Waals surface area contributed by atoms with E-state index < -0.39 is 11.7 Å². The Hall–Kier alpha value is -2.78. The summed E-state index contributed by atoms with van der Waals surface area (Å²) in [5.41, 5.74) is -0.0299. The Morgan fingerprint density at radius 1 is 1.23 bits per heavy atom. The summed E-state index contributed by atoms with van der Waals surface area (Å²) < 4.78 is 44.3. The maximum atomic E-state index is 13.0. The van der Waals surface area contributed by atoms with E-state index in [0.29, 0.717) is 56.5 Å². The number of piperazine rings is 1. The molecule has 0 aliphatic carbocycles. The molecule has 1 N–H and O–H groups in total. The van der Waals surface area contributed by atoms with Gasteiger partial charge in [0.2, 0.25) is 5.89 Å². The van der Waals surface area contributed by atoms with Gasteiger partial charge >= 0.3 is 6.18 Å². The highest BCUT2D eigenvalue weighted by Gasteiger charge is 2.31. The zero-order chi connectivity index (χ0) is 22.4. The molecule has 0 saturated carbocycles. The maximum Gasteiger partial charge on any atom is 0.416 e. The molecule has 0 spiro atoms. The average molecular weight is 438 g/mol. The highest BCUT2D eigenvalue weighted by Crippen LogP contribution is 2.31. The third-order valence-electron chi connectivity index (χ3n) is 5.04. The molecule has 2 aromatic rings. The summed E-state index contributed by atoms with van der Waals surface area (Å²) >= 11 is 0. The van der Waals surface area contributed by atoms with E-state index in [2.05, 4.69) is 25.3 Å². The molecular formula is C21H29F3N6O. The first-order chi connectivity index (χ1) is 14.8. The molecule has 1 aliphatic heterocycles. The molecule has 1 aromatic carbocycles. The summed E-state index contributed by atoms with van der Waals surface area (Å²) in [7, 11) is 0. The molecule has 1 aromatic heterocycles. The van der Waals surface area contributed by atoms with Gasteiger partial charge in [-0.05, 0) is 25.1 Å². The normalized spacial score (nSPS) is 15.6. The molecule has 0 radical (unpaired) electrons. The molecule has 0 unspecified atom stereocenters. The van der Waals surface area contributed by atoms with Crippen molar-refractivity contribution in [1.82, 2.24) is 20.4 Å². The molecule has 31 heavy (non-hydrogen) atoms. The van der Waals surface area contributed by atoms with Gasteiger partial charge in [-0.25, -0.2) is 0 Å². The van der Waals surface area contributed by atoms with E-state index in [0.717, 1.165) is 18.6 Å². The minimum atomic E-state index is -4.34. The second kappa shape index (κ2) is 10.0. The minimum Gasteiger partial charge on any atom is -0.368 e. The van der Waals surface area contributed by atoms with Crippen LogP contribution in [0.4, 0.5) is 18.9 Å². The molecule has 3 rings (SSSR count). The fraction of sp³-hybridized carbons (Fsp3) is 0.571. The van der Waals surface area contributed by atoms with Gasteiger partial charge in [-0.2, -0.15) is 18.2 Å². The number of alkyl halides is 3. The van der Waals surface area contributed by atoms with E-state index in [1.165, 1.54) is 12.1 Å². The third kappa shape index (κ3) is 6.11. The summed E-state index contributed by atoms with van der Waals surface area (Å²) in [6.45, 7) is 9.83. The number of anilines is 1. The van der Waals surface area contributed by atoms with Crippen LogP contribution in [0.5, 0.6) is 0 Å². The number of nitrogens with zero attached hydrogens (tertiary/aromatic N) is 5. The Morgan fingerprint density at radius 3 is 2.58 bits per heavy atom. The van der Waals surface area contributed by atoms with Crippen LogP contribution in [0.25, 0.3) is 0 Å². The zero-order valence-corrected chi connectivity index (χ0v) is 18.1. The molecule has 0 atom stereocenters. The van der Waals surface area contributed by atoms with Crippen molar-refractivity contribution in [3.63, 3.8) is 0 Å². The van der Waals surface area contributed by atoms with E-state index in [1.54, 1.807) is 6.07 Å². The number of nitrogens with one attached hydrogen (secondary N) is 1. The van der Waals surface area contributed by atoms with Crippen LogP contribution in [-0.4, -0.2) is 60.3 Å². The van der Waals surface area contributed by atoms with Gasteiger partial charge in [-0.1, -0.05) is 25.1 Å². The van der Waals surface area contributed by atoms with E-state index in [1.807, 2.05) is 25.7 Å². The Bertz CT molecular complexity index is 872. The number of aromatic nitrogens is 2. The van der Waals surface area contributed by atoms with Gasteiger partial charge in [0.15, 0.2) is 11.8 Å². The molecule has 1 aliphatic rings. The minimum absolute atomic E-state index is 0.214. The smallest absolute Gasteiger partial charge is 0.368 e. The second-order valence-corrected chi connectivity index (χ2v) is 7.71. The molecule has 1 fully saturated rings. The number of halogens is 3. The van der Waals surface area contributed by atoms with E-state index in [9.17, 15) is 13.2 Å². The van der Waals surface area contributed by atoms with Crippen molar-refractivity contribution in [3.8, 4) is 0 Å². The maximum absolute atomic E-state index is 13.0. The van der Waals surface area contributed by atoms with Crippen molar-refractivity contribution < 1.29 is 17.7 Å². The molecule has 0 bridgehead atoms. The Kier molecular flexibility index (Phi) is 7.40. The standard InChI is InChI=1S/C21H29F3N6O/c1-4-25-20(26-9-8-18-27-19(15(2)3)28-31-18)30-12-10-29(11-13-30)17-7-5-6-16(14-17)21(22,23)24/h5-7,14-15H,4,8-13H2,1-3H3,(H,25,26). The summed E-state index contributed by atoms with van der Waals surface area (Å²) in [6.07, 6.45) is -3.78. The predicted octanol–water partition coefficient (Wildman–Crippen LogP) is 3.54. The van der Waals surface area contributed by atoms with Crippen molar-refractivity contribution >= 4 is 11.6 Å². The zero-order valence-electron chi connectivity index (χ0n) is 18.1. The van der Waals surface area contributed by atoms with Gasteiger partial charge in [0.05, 0.1) is 12.1 Å². The molecule has 0 amide bonds. The van der Waals surface area contributed by atoms with Crippen LogP contribution in [0.3, 0.4) is 0 Å². The van der Waals surface area contributed by atoms with Gasteiger partial charge in [-0.15, -0.1) is 0 Å². The van der Waals surface area contributed by atoms with Crippen LogP contribution in [0.15, 0.2) is 33.8 Å². The van der Waals surface area contributed by atoms with Gasteiger partial charge in [0.25, 0.3) is 0 Å². The Morgan fingerprint density at radius 2 is 1.97 bits per heavy atom. The van der Waals surface area contributed by atoms with E-state index in [-0.39, 0.29) is 5.92 Å². The summed E-state index contributed by atoms with van der Waals surface area (Å²) in [5.74, 6) is 2.26. The lowest BCUT2D eigenvalue weighted by molar-refractivity contribution is -0.137. The molecule has 2 heterocycles. The SMILES string of the molecule is CCNC(=NCCc1nc(C(C)C)no1)N1CCN(c2cccc(C(F)(F)F)c2)CC1. The topological polar surface area (TPSA) is 69.8 Å². The van der Waals surface area contributed by atoms with Crippen molar-refractivity contribution in [2.75, 3.05) is 44.2 Å². The highest BCUT2D eigenvalue weighted by molar-refractivity contribution is 5.80. The molecular weight excluding hydrogens is 409 g/mol. The summed E-state index contributed by atoms with van der Waals surface area (Å²) in [5, 5.41) is 7.25. The number of rotatable bonds is 6. The first kappa shape index (κ1) is 22.9.